The number of phenols is 1. The summed E-state index contributed by atoms with van der Waals surface area (Å²) < 4.78 is 5.23. The minimum Gasteiger partial charge on any atom is -0.508 e. The number of morpholine rings is 1. The minimum atomic E-state index is 0.0219. The summed E-state index contributed by atoms with van der Waals surface area (Å²) in [5, 5.41) is 13.0. The Morgan fingerprint density at radius 3 is 2.80 bits per heavy atom. The van der Waals surface area contributed by atoms with Crippen LogP contribution in [0.4, 0.5) is 0 Å². The van der Waals surface area contributed by atoms with E-state index in [-0.39, 0.29) is 17.7 Å². The van der Waals surface area contributed by atoms with E-state index < -0.39 is 0 Å². The van der Waals surface area contributed by atoms with E-state index >= 15 is 0 Å². The van der Waals surface area contributed by atoms with Gasteiger partial charge in [-0.1, -0.05) is 18.2 Å². The van der Waals surface area contributed by atoms with Gasteiger partial charge in [-0.15, -0.1) is 0 Å². The van der Waals surface area contributed by atoms with E-state index in [0.717, 1.165) is 5.56 Å². The number of aromatic hydroxyl groups is 1. The molecule has 0 aliphatic carbocycles. The first-order chi connectivity index (χ1) is 9.68. The molecule has 1 atom stereocenters. The summed E-state index contributed by atoms with van der Waals surface area (Å²) in [6, 6.07) is 7.27. The Balaban J connectivity index is 1.75. The highest BCUT2D eigenvalue weighted by Crippen LogP contribution is 2.22. The SMILES string of the molecule is CC(NCCC(=O)N1CCOCC1)c1ccccc1O. The van der Waals surface area contributed by atoms with Crippen molar-refractivity contribution in [2.45, 2.75) is 19.4 Å². The number of ether oxygens (including phenoxy) is 1. The van der Waals surface area contributed by atoms with Gasteiger partial charge < -0.3 is 20.1 Å². The highest BCUT2D eigenvalue weighted by molar-refractivity contribution is 5.76. The molecule has 1 aliphatic heterocycles. The molecule has 1 saturated heterocycles. The zero-order valence-corrected chi connectivity index (χ0v) is 11.8. The summed E-state index contributed by atoms with van der Waals surface area (Å²) in [5.41, 5.74) is 0.853. The second-order valence-corrected chi connectivity index (χ2v) is 4.98. The largest absolute Gasteiger partial charge is 0.508 e. The Morgan fingerprint density at radius 2 is 2.10 bits per heavy atom. The van der Waals surface area contributed by atoms with Crippen LogP contribution >= 0.6 is 0 Å². The molecule has 20 heavy (non-hydrogen) atoms. The molecule has 110 valence electrons. The van der Waals surface area contributed by atoms with Gasteiger partial charge in [0.05, 0.1) is 13.2 Å². The Hall–Kier alpha value is -1.59. The summed E-state index contributed by atoms with van der Waals surface area (Å²) in [5.74, 6) is 0.442. The van der Waals surface area contributed by atoms with Gasteiger partial charge in [0.15, 0.2) is 0 Å². The van der Waals surface area contributed by atoms with Gasteiger partial charge in [-0.05, 0) is 13.0 Å². The maximum atomic E-state index is 12.0. The summed E-state index contributed by atoms with van der Waals surface area (Å²) in [7, 11) is 0. The molecule has 0 spiro atoms. The van der Waals surface area contributed by atoms with Crippen LogP contribution < -0.4 is 5.32 Å². The molecule has 1 aliphatic rings. The molecule has 1 aromatic carbocycles. The average Bonchev–Trinajstić information content (AvgIpc) is 2.48. The van der Waals surface area contributed by atoms with E-state index in [1.165, 1.54) is 0 Å². The number of para-hydroxylation sites is 1. The van der Waals surface area contributed by atoms with E-state index in [4.69, 9.17) is 4.74 Å². The molecule has 1 amide bonds. The molecule has 2 N–H and O–H groups in total. The fraction of sp³-hybridized carbons (Fsp3) is 0.533. The molecule has 1 fully saturated rings. The summed E-state index contributed by atoms with van der Waals surface area (Å²) in [6.45, 7) is 5.22. The molecule has 0 bridgehead atoms. The van der Waals surface area contributed by atoms with Crippen molar-refractivity contribution in [3.8, 4) is 5.75 Å². The number of benzene rings is 1. The second kappa shape index (κ2) is 7.26. The monoisotopic (exact) mass is 278 g/mol. The third-order valence-electron chi connectivity index (χ3n) is 3.56. The quantitative estimate of drug-likeness (QED) is 0.852. The summed E-state index contributed by atoms with van der Waals surface area (Å²) in [4.78, 5) is 13.8. The van der Waals surface area contributed by atoms with Crippen LogP contribution in [0, 0.1) is 0 Å². The fourth-order valence-electron chi connectivity index (χ4n) is 2.33. The molecular weight excluding hydrogens is 256 g/mol. The predicted octanol–water partition coefficient (Wildman–Crippen LogP) is 1.29. The molecule has 0 radical (unpaired) electrons. The highest BCUT2D eigenvalue weighted by atomic mass is 16.5. The van der Waals surface area contributed by atoms with E-state index in [1.807, 2.05) is 24.0 Å². The van der Waals surface area contributed by atoms with Crippen LogP contribution in [0.15, 0.2) is 24.3 Å². The number of hydrogen-bond donors (Lipinski definition) is 2. The number of carbonyl (C=O) groups excluding carboxylic acids is 1. The number of phenolic OH excluding ortho intramolecular Hbond substituents is 1. The van der Waals surface area contributed by atoms with Gasteiger partial charge in [0.2, 0.25) is 5.91 Å². The van der Waals surface area contributed by atoms with Crippen molar-refractivity contribution in [2.24, 2.45) is 0 Å². The lowest BCUT2D eigenvalue weighted by Crippen LogP contribution is -2.41. The Labute approximate surface area is 119 Å². The normalized spacial score (nSPS) is 16.9. The maximum absolute atomic E-state index is 12.0. The zero-order chi connectivity index (χ0) is 14.4. The van der Waals surface area contributed by atoms with Crippen LogP contribution in [0.3, 0.4) is 0 Å². The number of nitrogens with zero attached hydrogens (tertiary/aromatic N) is 1. The van der Waals surface area contributed by atoms with Crippen LogP contribution in [0.5, 0.6) is 5.75 Å². The van der Waals surface area contributed by atoms with Gasteiger partial charge in [-0.25, -0.2) is 0 Å². The maximum Gasteiger partial charge on any atom is 0.224 e. The first kappa shape index (κ1) is 14.8. The van der Waals surface area contributed by atoms with E-state index in [2.05, 4.69) is 5.32 Å². The van der Waals surface area contributed by atoms with E-state index in [0.29, 0.717) is 39.3 Å². The molecule has 1 heterocycles. The van der Waals surface area contributed by atoms with Crippen molar-refractivity contribution in [3.63, 3.8) is 0 Å². The highest BCUT2D eigenvalue weighted by Gasteiger charge is 2.16. The van der Waals surface area contributed by atoms with Crippen LogP contribution in [0.2, 0.25) is 0 Å². The third-order valence-corrected chi connectivity index (χ3v) is 3.56. The third kappa shape index (κ3) is 3.95. The first-order valence-electron chi connectivity index (χ1n) is 7.05. The van der Waals surface area contributed by atoms with Gasteiger partial charge >= 0.3 is 0 Å². The number of rotatable bonds is 5. The number of carbonyl (C=O) groups is 1. The summed E-state index contributed by atoms with van der Waals surface area (Å²) >= 11 is 0. The molecule has 2 rings (SSSR count). The lowest BCUT2D eigenvalue weighted by molar-refractivity contribution is -0.135. The number of nitrogens with one attached hydrogen (secondary N) is 1. The number of hydrogen-bond acceptors (Lipinski definition) is 4. The van der Waals surface area contributed by atoms with Gasteiger partial charge in [0.1, 0.15) is 5.75 Å². The summed E-state index contributed by atoms with van der Waals surface area (Å²) in [6.07, 6.45) is 0.470. The molecular formula is C15H22N2O3. The average molecular weight is 278 g/mol. The zero-order valence-electron chi connectivity index (χ0n) is 11.8. The van der Waals surface area contributed by atoms with Gasteiger partial charge in [0, 0.05) is 37.7 Å². The molecule has 5 nitrogen and oxygen atoms in total. The first-order valence-corrected chi connectivity index (χ1v) is 7.05. The van der Waals surface area contributed by atoms with E-state index in [9.17, 15) is 9.90 Å². The molecule has 1 aromatic rings. The molecule has 0 saturated carbocycles. The molecule has 1 unspecified atom stereocenters. The standard InChI is InChI=1S/C15H22N2O3/c1-12(13-4-2-3-5-14(13)18)16-7-6-15(19)17-8-10-20-11-9-17/h2-5,12,16,18H,6-11H2,1H3. The Morgan fingerprint density at radius 1 is 1.40 bits per heavy atom. The van der Waals surface area contributed by atoms with Crippen LogP contribution in [0.25, 0.3) is 0 Å². The van der Waals surface area contributed by atoms with Gasteiger partial charge in [-0.2, -0.15) is 0 Å². The van der Waals surface area contributed by atoms with Crippen molar-refractivity contribution < 1.29 is 14.6 Å². The second-order valence-electron chi connectivity index (χ2n) is 4.98. The molecule has 0 aromatic heterocycles. The Kier molecular flexibility index (Phi) is 5.38. The molecule has 5 heteroatoms. The fourth-order valence-corrected chi connectivity index (χ4v) is 2.33. The topological polar surface area (TPSA) is 61.8 Å². The Bertz CT molecular complexity index is 444. The van der Waals surface area contributed by atoms with Crippen molar-refractivity contribution >= 4 is 5.91 Å². The van der Waals surface area contributed by atoms with Crippen molar-refractivity contribution in [1.82, 2.24) is 10.2 Å². The smallest absolute Gasteiger partial charge is 0.224 e. The van der Waals surface area contributed by atoms with Crippen molar-refractivity contribution in [1.29, 1.82) is 0 Å². The van der Waals surface area contributed by atoms with Crippen molar-refractivity contribution in [2.75, 3.05) is 32.8 Å². The van der Waals surface area contributed by atoms with Crippen LogP contribution in [-0.2, 0) is 9.53 Å². The van der Waals surface area contributed by atoms with Crippen LogP contribution in [-0.4, -0.2) is 48.8 Å². The minimum absolute atomic E-state index is 0.0219. The number of amides is 1. The predicted molar refractivity (Wildman–Crippen MR) is 76.5 cm³/mol. The van der Waals surface area contributed by atoms with Gasteiger partial charge in [0.25, 0.3) is 0 Å². The lowest BCUT2D eigenvalue weighted by Gasteiger charge is -2.27. The van der Waals surface area contributed by atoms with Crippen LogP contribution in [0.1, 0.15) is 24.9 Å². The van der Waals surface area contributed by atoms with Crippen molar-refractivity contribution in [3.05, 3.63) is 29.8 Å². The van der Waals surface area contributed by atoms with Gasteiger partial charge in [-0.3, -0.25) is 4.79 Å². The lowest BCUT2D eigenvalue weighted by atomic mass is 10.1. The van der Waals surface area contributed by atoms with E-state index in [1.54, 1.807) is 12.1 Å².